The molecule has 1 aliphatic rings. The zero-order chi connectivity index (χ0) is 23.6. The number of aliphatic carboxylic acids is 1. The molecule has 0 unspecified atom stereocenters. The highest BCUT2D eigenvalue weighted by Gasteiger charge is 2.34. The van der Waals surface area contributed by atoms with Crippen molar-refractivity contribution < 1.29 is 24.6 Å². The minimum absolute atomic E-state index is 0.0196. The first-order valence-electron chi connectivity index (χ1n) is 11.0. The molecule has 0 aromatic heterocycles. The number of aliphatic hydroxyl groups is 1. The van der Waals surface area contributed by atoms with Crippen molar-refractivity contribution in [1.82, 2.24) is 5.32 Å². The van der Waals surface area contributed by atoms with Gasteiger partial charge in [0.25, 0.3) is 0 Å². The maximum atomic E-state index is 12.9. The average molecular weight is 439 g/mol. The minimum atomic E-state index is -1.11. The SMILES string of the molecule is CC(=N[C@@H](CCCCN)C(=O)N[C@@H](CCCCN)C(=O)O)C1=C(O)CC(C)(C)CC1=O. The first-order valence-corrected chi connectivity index (χ1v) is 11.0. The van der Waals surface area contributed by atoms with E-state index >= 15 is 0 Å². The van der Waals surface area contributed by atoms with Gasteiger partial charge in [-0.25, -0.2) is 4.79 Å². The van der Waals surface area contributed by atoms with Gasteiger partial charge in [-0.3, -0.25) is 14.6 Å². The fraction of sp³-hybridized carbons (Fsp3) is 0.727. The minimum Gasteiger partial charge on any atom is -0.511 e. The Balaban J connectivity index is 3.07. The molecule has 0 aliphatic heterocycles. The highest BCUT2D eigenvalue weighted by atomic mass is 16.4. The van der Waals surface area contributed by atoms with Crippen molar-refractivity contribution in [3.8, 4) is 0 Å². The van der Waals surface area contributed by atoms with Crippen LogP contribution in [0, 0.1) is 5.41 Å². The Morgan fingerprint density at radius 2 is 1.68 bits per heavy atom. The van der Waals surface area contributed by atoms with Crippen molar-refractivity contribution in [3.63, 3.8) is 0 Å². The number of carboxylic acid groups (broad SMARTS) is 1. The Morgan fingerprint density at radius 1 is 1.10 bits per heavy atom. The Kier molecular flexibility index (Phi) is 10.8. The van der Waals surface area contributed by atoms with Gasteiger partial charge in [0.1, 0.15) is 17.8 Å². The normalized spacial score (nSPS) is 18.6. The van der Waals surface area contributed by atoms with Crippen LogP contribution in [0.15, 0.2) is 16.3 Å². The topological polar surface area (TPSA) is 168 Å². The smallest absolute Gasteiger partial charge is 0.326 e. The molecule has 9 nitrogen and oxygen atoms in total. The number of Topliss-reactive ketones (excluding diaryl/α,β-unsaturated/α-hetero) is 1. The third-order valence-corrected chi connectivity index (χ3v) is 5.36. The number of carbonyl (C=O) groups is 3. The van der Waals surface area contributed by atoms with E-state index in [1.807, 2.05) is 13.8 Å². The summed E-state index contributed by atoms with van der Waals surface area (Å²) >= 11 is 0. The number of nitrogens with zero attached hydrogens (tertiary/aromatic N) is 1. The molecule has 31 heavy (non-hydrogen) atoms. The number of ketones is 1. The first-order chi connectivity index (χ1) is 14.5. The summed E-state index contributed by atoms with van der Waals surface area (Å²) in [4.78, 5) is 41.4. The molecule has 0 bridgehead atoms. The molecule has 0 aromatic rings. The fourth-order valence-electron chi connectivity index (χ4n) is 3.75. The van der Waals surface area contributed by atoms with Gasteiger partial charge in [-0.15, -0.1) is 0 Å². The van der Waals surface area contributed by atoms with Crippen molar-refractivity contribution in [2.45, 2.75) is 84.2 Å². The van der Waals surface area contributed by atoms with Crippen molar-refractivity contribution in [1.29, 1.82) is 0 Å². The lowest BCUT2D eigenvalue weighted by Crippen LogP contribution is -2.45. The number of unbranched alkanes of at least 4 members (excludes halogenated alkanes) is 2. The maximum Gasteiger partial charge on any atom is 0.326 e. The van der Waals surface area contributed by atoms with E-state index in [-0.39, 0.29) is 35.4 Å². The molecular formula is C22H38N4O5. The van der Waals surface area contributed by atoms with E-state index in [0.29, 0.717) is 57.3 Å². The lowest BCUT2D eigenvalue weighted by atomic mass is 9.75. The molecule has 9 heteroatoms. The molecule has 0 saturated carbocycles. The predicted molar refractivity (Wildman–Crippen MR) is 120 cm³/mol. The third kappa shape index (κ3) is 8.78. The number of carbonyl (C=O) groups excluding carboxylic acids is 2. The lowest BCUT2D eigenvalue weighted by molar-refractivity contribution is -0.142. The summed E-state index contributed by atoms with van der Waals surface area (Å²) in [5.41, 5.74) is 11.1. The number of aliphatic hydroxyl groups excluding tert-OH is 1. The molecule has 0 spiro atoms. The highest BCUT2D eigenvalue weighted by molar-refractivity contribution is 6.22. The lowest BCUT2D eigenvalue weighted by Gasteiger charge is -2.29. The monoisotopic (exact) mass is 438 g/mol. The van der Waals surface area contributed by atoms with Gasteiger partial charge in [0.15, 0.2) is 5.78 Å². The molecule has 1 aliphatic carbocycles. The summed E-state index contributed by atoms with van der Waals surface area (Å²) in [7, 11) is 0. The number of hydrogen-bond donors (Lipinski definition) is 5. The molecule has 0 heterocycles. The van der Waals surface area contributed by atoms with Crippen LogP contribution in [-0.4, -0.2) is 58.8 Å². The number of carboxylic acids is 1. The first kappa shape index (κ1) is 26.8. The molecule has 1 amide bonds. The summed E-state index contributed by atoms with van der Waals surface area (Å²) in [6.07, 6.45) is 3.85. The van der Waals surface area contributed by atoms with Gasteiger partial charge >= 0.3 is 5.97 Å². The van der Waals surface area contributed by atoms with Crippen molar-refractivity contribution >= 4 is 23.4 Å². The number of nitrogens with two attached hydrogens (primary N) is 2. The van der Waals surface area contributed by atoms with Gasteiger partial charge in [0, 0.05) is 18.6 Å². The molecule has 2 atom stereocenters. The Morgan fingerprint density at radius 3 is 2.19 bits per heavy atom. The van der Waals surface area contributed by atoms with Gasteiger partial charge < -0.3 is 27.0 Å². The molecule has 1 rings (SSSR count). The standard InChI is InChI=1S/C22H38N4O5/c1-14(19-17(27)12-22(2,3)13-18(19)28)25-15(8-4-6-10-23)20(29)26-16(21(30)31)9-5-7-11-24/h15-16,27H,4-13,23-24H2,1-3H3,(H,26,29)(H,30,31)/t15-,16-/m0/s1. The molecule has 0 radical (unpaired) electrons. The summed E-state index contributed by atoms with van der Waals surface area (Å²) in [5, 5.41) is 22.4. The van der Waals surface area contributed by atoms with Crippen molar-refractivity contribution in [2.24, 2.45) is 21.9 Å². The fourth-order valence-corrected chi connectivity index (χ4v) is 3.75. The van der Waals surface area contributed by atoms with Gasteiger partial charge in [0.05, 0.1) is 5.57 Å². The summed E-state index contributed by atoms with van der Waals surface area (Å²) in [6, 6.07) is -1.90. The van der Waals surface area contributed by atoms with E-state index in [2.05, 4.69) is 10.3 Å². The number of nitrogens with one attached hydrogen (secondary N) is 1. The van der Waals surface area contributed by atoms with Crippen molar-refractivity contribution in [2.75, 3.05) is 13.1 Å². The van der Waals surface area contributed by atoms with Crippen LogP contribution in [0.5, 0.6) is 0 Å². The predicted octanol–water partition coefficient (Wildman–Crippen LogP) is 1.84. The van der Waals surface area contributed by atoms with Gasteiger partial charge in [-0.2, -0.15) is 0 Å². The van der Waals surface area contributed by atoms with Crippen LogP contribution in [0.2, 0.25) is 0 Å². The molecule has 176 valence electrons. The third-order valence-electron chi connectivity index (χ3n) is 5.36. The zero-order valence-corrected chi connectivity index (χ0v) is 18.9. The zero-order valence-electron chi connectivity index (χ0n) is 18.9. The summed E-state index contributed by atoms with van der Waals surface area (Å²) in [5.74, 6) is -1.85. The van der Waals surface area contributed by atoms with E-state index in [1.54, 1.807) is 6.92 Å². The summed E-state index contributed by atoms with van der Waals surface area (Å²) in [6.45, 7) is 6.33. The second kappa shape index (κ2) is 12.6. The number of aliphatic imine (C=N–C) groups is 1. The molecule has 0 fully saturated rings. The van der Waals surface area contributed by atoms with E-state index in [4.69, 9.17) is 11.5 Å². The molecule has 0 aromatic carbocycles. The van der Waals surface area contributed by atoms with Gasteiger partial charge in [-0.05, 0) is 64.0 Å². The number of amides is 1. The largest absolute Gasteiger partial charge is 0.511 e. The van der Waals surface area contributed by atoms with Gasteiger partial charge in [0.2, 0.25) is 5.91 Å². The van der Waals surface area contributed by atoms with E-state index in [1.165, 1.54) is 0 Å². The van der Waals surface area contributed by atoms with Crippen LogP contribution in [0.25, 0.3) is 0 Å². The Bertz CT molecular complexity index is 715. The quantitative estimate of drug-likeness (QED) is 0.216. The van der Waals surface area contributed by atoms with Crippen LogP contribution in [-0.2, 0) is 14.4 Å². The van der Waals surface area contributed by atoms with E-state index in [0.717, 1.165) is 0 Å². The summed E-state index contributed by atoms with van der Waals surface area (Å²) < 4.78 is 0. The van der Waals surface area contributed by atoms with E-state index in [9.17, 15) is 24.6 Å². The highest BCUT2D eigenvalue weighted by Crippen LogP contribution is 2.36. The Hall–Kier alpha value is -2.26. The second-order valence-corrected chi connectivity index (χ2v) is 8.96. The maximum absolute atomic E-state index is 12.9. The van der Waals surface area contributed by atoms with Crippen LogP contribution in [0.4, 0.5) is 0 Å². The number of rotatable bonds is 13. The van der Waals surface area contributed by atoms with Crippen molar-refractivity contribution in [3.05, 3.63) is 11.3 Å². The van der Waals surface area contributed by atoms with Crippen LogP contribution >= 0.6 is 0 Å². The van der Waals surface area contributed by atoms with E-state index < -0.39 is 24.0 Å². The second-order valence-electron chi connectivity index (χ2n) is 8.96. The molecule has 0 saturated heterocycles. The van der Waals surface area contributed by atoms with Crippen LogP contribution < -0.4 is 16.8 Å². The molecular weight excluding hydrogens is 400 g/mol. The van der Waals surface area contributed by atoms with Crippen LogP contribution in [0.3, 0.4) is 0 Å². The number of hydrogen-bond acceptors (Lipinski definition) is 7. The number of allylic oxidation sites excluding steroid dienone is 2. The average Bonchev–Trinajstić information content (AvgIpc) is 2.64. The Labute approximate surface area is 184 Å². The van der Waals surface area contributed by atoms with Gasteiger partial charge in [-0.1, -0.05) is 13.8 Å². The van der Waals surface area contributed by atoms with Crippen LogP contribution in [0.1, 0.15) is 72.1 Å². The molecule has 7 N–H and O–H groups in total.